The van der Waals surface area contributed by atoms with Gasteiger partial charge in [-0.25, -0.2) is 9.97 Å². The molecule has 0 spiro atoms. The number of aromatic nitrogens is 4. The standard InChI is InChI=1S/C16H15N3O2.C14H13N3O.C13H11ClO2.C2H6O.CH5N3/c1-10(20)18-16-17-9-15(19-16)14-5-3-4-11-8-12(21-2)6-7-13(11)14;1-18-10-5-6-11-9(7-10)3-2-4-12(11)13-8-16-14(15)17-13;1-16-10-5-6-11-9(7-10)3-2-4-12(11)13(15)8-14;1-2-3;2-1(3)4/h3-9H,1-2H3,(H2,17,18,19,20);2-8H,1H3,(H3,15,16,17);2-7H,8H2,1H3;3H,2H2,1H3;(H5,2,3,4). The number of aliphatic hydroxyl groups is 1. The highest BCUT2D eigenvalue weighted by atomic mass is 35.5. The molecule has 6 aromatic carbocycles. The Morgan fingerprint density at radius 3 is 1.55 bits per heavy atom. The number of methoxy groups -OCH3 is 3. The van der Waals surface area contributed by atoms with Crippen LogP contribution < -0.4 is 36.7 Å². The summed E-state index contributed by atoms with van der Waals surface area (Å²) < 4.78 is 15.6. The number of ether oxygens (including phenoxy) is 3. The topological polar surface area (TPSA) is 253 Å². The van der Waals surface area contributed by atoms with Crippen LogP contribution in [0.5, 0.6) is 17.2 Å². The first-order valence-corrected chi connectivity index (χ1v) is 19.5. The number of rotatable bonds is 8. The fourth-order valence-electron chi connectivity index (χ4n) is 6.11. The van der Waals surface area contributed by atoms with Crippen molar-refractivity contribution in [3.8, 4) is 39.8 Å². The second kappa shape index (κ2) is 23.2. The second-order valence-corrected chi connectivity index (χ2v) is 13.3. The molecule has 2 aromatic heterocycles. The highest BCUT2D eigenvalue weighted by molar-refractivity contribution is 6.32. The van der Waals surface area contributed by atoms with Crippen LogP contribution in [0.1, 0.15) is 24.2 Å². The molecule has 0 bridgehead atoms. The minimum absolute atomic E-state index is 0.00510. The number of nitrogens with zero attached hydrogens (tertiary/aromatic N) is 2. The maximum atomic E-state index is 11.6. The van der Waals surface area contributed by atoms with Crippen LogP contribution in [0.2, 0.25) is 0 Å². The van der Waals surface area contributed by atoms with E-state index in [0.717, 1.165) is 72.1 Å². The van der Waals surface area contributed by atoms with Crippen LogP contribution in [-0.2, 0) is 4.79 Å². The average molecular weight is 860 g/mol. The minimum atomic E-state index is -0.333. The maximum absolute atomic E-state index is 11.6. The van der Waals surface area contributed by atoms with E-state index in [0.29, 0.717) is 17.5 Å². The van der Waals surface area contributed by atoms with Crippen molar-refractivity contribution in [2.45, 2.75) is 13.8 Å². The summed E-state index contributed by atoms with van der Waals surface area (Å²) in [6.07, 6.45) is 3.46. The van der Waals surface area contributed by atoms with Crippen molar-refractivity contribution in [2.75, 3.05) is 44.9 Å². The maximum Gasteiger partial charge on any atom is 0.223 e. The number of nitrogen functional groups attached to an aromatic ring is 1. The highest BCUT2D eigenvalue weighted by Gasteiger charge is 2.11. The first-order valence-electron chi connectivity index (χ1n) is 19.0. The van der Waals surface area contributed by atoms with Gasteiger partial charge in [-0.2, -0.15) is 0 Å². The van der Waals surface area contributed by atoms with Gasteiger partial charge in [0.25, 0.3) is 0 Å². The molecular weight excluding hydrogens is 810 g/mol. The Hall–Kier alpha value is -7.62. The van der Waals surface area contributed by atoms with E-state index in [1.54, 1.807) is 46.7 Å². The van der Waals surface area contributed by atoms with Gasteiger partial charge in [0.1, 0.15) is 17.2 Å². The van der Waals surface area contributed by atoms with E-state index >= 15 is 0 Å². The summed E-state index contributed by atoms with van der Waals surface area (Å²) in [5, 5.41) is 22.6. The predicted octanol–water partition coefficient (Wildman–Crippen LogP) is 8.12. The lowest BCUT2D eigenvalue weighted by Crippen LogP contribution is -2.20. The third-order valence-corrected chi connectivity index (χ3v) is 8.97. The first-order chi connectivity index (χ1) is 29.8. The van der Waals surface area contributed by atoms with Crippen molar-refractivity contribution in [1.82, 2.24) is 19.9 Å². The van der Waals surface area contributed by atoms with Gasteiger partial charge in [-0.15, -0.1) is 11.6 Å². The zero-order valence-corrected chi connectivity index (χ0v) is 35.7. The third-order valence-electron chi connectivity index (χ3n) is 8.73. The number of guanidine groups is 1. The molecule has 0 saturated heterocycles. The van der Waals surface area contributed by atoms with Crippen molar-refractivity contribution < 1.29 is 28.9 Å². The number of halogens is 1. The smallest absolute Gasteiger partial charge is 0.223 e. The highest BCUT2D eigenvalue weighted by Crippen LogP contribution is 2.32. The number of imidazole rings is 2. The molecule has 2 heterocycles. The van der Waals surface area contributed by atoms with E-state index in [1.165, 1.54) is 6.92 Å². The van der Waals surface area contributed by atoms with Crippen LogP contribution in [-0.4, -0.2) is 76.5 Å². The SMILES string of the molecule is CCO.COc1ccc2c(-c3cnc(N)[nH]3)cccc2c1.COc1ccc2c(-c3cnc(NC(C)=O)[nH]3)cccc2c1.COc1ccc2c(C(=O)CCl)cccc2c1.N=C(N)N. The van der Waals surface area contributed by atoms with Gasteiger partial charge >= 0.3 is 0 Å². The van der Waals surface area contributed by atoms with Gasteiger partial charge in [0, 0.05) is 30.2 Å². The summed E-state index contributed by atoms with van der Waals surface area (Å²) in [6.45, 7) is 3.38. The van der Waals surface area contributed by atoms with E-state index in [9.17, 15) is 9.59 Å². The number of ketones is 1. The van der Waals surface area contributed by atoms with E-state index in [-0.39, 0.29) is 30.1 Å². The summed E-state index contributed by atoms with van der Waals surface area (Å²) in [5.74, 6) is 2.79. The largest absolute Gasteiger partial charge is 0.497 e. The predicted molar refractivity (Wildman–Crippen MR) is 249 cm³/mol. The van der Waals surface area contributed by atoms with Gasteiger partial charge in [-0.3, -0.25) is 20.3 Å². The molecule has 0 unspecified atom stereocenters. The molecule has 62 heavy (non-hydrogen) atoms. The fraction of sp³-hybridized carbons (Fsp3) is 0.152. The summed E-state index contributed by atoms with van der Waals surface area (Å²) in [6, 6.07) is 35.3. The van der Waals surface area contributed by atoms with Gasteiger partial charge in [0.05, 0.1) is 51.0 Å². The number of aliphatic hydroxyl groups excluding tert-OH is 1. The third kappa shape index (κ3) is 12.9. The number of aromatic amines is 2. The number of H-pyrrole nitrogens is 2. The van der Waals surface area contributed by atoms with E-state index < -0.39 is 0 Å². The van der Waals surface area contributed by atoms with E-state index in [1.807, 2.05) is 97.1 Å². The molecule has 8 aromatic rings. The Labute approximate surface area is 363 Å². The Morgan fingerprint density at radius 1 is 0.710 bits per heavy atom. The molecule has 15 nitrogen and oxygen atoms in total. The van der Waals surface area contributed by atoms with Crippen LogP contribution in [0.15, 0.2) is 122 Å². The molecule has 0 fully saturated rings. The Kier molecular flexibility index (Phi) is 17.6. The number of hydrogen-bond acceptors (Lipinski definition) is 10. The molecule has 8 rings (SSSR count). The van der Waals surface area contributed by atoms with Crippen molar-refractivity contribution in [3.05, 3.63) is 127 Å². The second-order valence-electron chi connectivity index (χ2n) is 13.0. The van der Waals surface area contributed by atoms with Crippen molar-refractivity contribution >= 4 is 73.5 Å². The number of hydrogen-bond donors (Lipinski definition) is 8. The molecule has 0 aliphatic carbocycles. The van der Waals surface area contributed by atoms with Crippen LogP contribution in [0.3, 0.4) is 0 Å². The van der Waals surface area contributed by atoms with Crippen molar-refractivity contribution in [2.24, 2.45) is 11.5 Å². The number of benzene rings is 6. The number of amides is 1. The summed E-state index contributed by atoms with van der Waals surface area (Å²) >= 11 is 5.57. The number of nitrogens with one attached hydrogen (secondary N) is 4. The molecule has 0 aliphatic rings. The van der Waals surface area contributed by atoms with Crippen molar-refractivity contribution in [3.63, 3.8) is 0 Å². The quantitative estimate of drug-likeness (QED) is 0.0313. The molecule has 0 saturated carbocycles. The molecule has 16 heteroatoms. The zero-order chi connectivity index (χ0) is 45.2. The Bertz CT molecular complexity index is 2750. The summed E-state index contributed by atoms with van der Waals surface area (Å²) in [4.78, 5) is 37.0. The molecule has 11 N–H and O–H groups in total. The molecule has 322 valence electrons. The van der Waals surface area contributed by atoms with Crippen LogP contribution in [0, 0.1) is 5.41 Å². The molecule has 0 radical (unpaired) electrons. The number of Topliss-reactive ketones (excluding diaryl/α,β-unsaturated/α-hetero) is 1. The minimum Gasteiger partial charge on any atom is -0.497 e. The monoisotopic (exact) mass is 859 g/mol. The normalized spacial score (nSPS) is 10.0. The Morgan fingerprint density at radius 2 is 1.13 bits per heavy atom. The van der Waals surface area contributed by atoms with Gasteiger partial charge in [0.15, 0.2) is 17.7 Å². The van der Waals surface area contributed by atoms with Gasteiger partial charge in [0.2, 0.25) is 11.9 Å². The first kappa shape index (κ1) is 47.1. The molecule has 0 aliphatic heterocycles. The average Bonchev–Trinajstić information content (AvgIpc) is 3.93. The van der Waals surface area contributed by atoms with Crippen LogP contribution in [0.25, 0.3) is 54.8 Å². The number of carbonyl (C=O) groups is 2. The fourth-order valence-corrected chi connectivity index (χ4v) is 6.26. The number of carbonyl (C=O) groups excluding carboxylic acids is 2. The van der Waals surface area contributed by atoms with Crippen LogP contribution in [0.4, 0.5) is 11.9 Å². The summed E-state index contributed by atoms with van der Waals surface area (Å²) in [5.41, 5.74) is 19.1. The zero-order valence-electron chi connectivity index (χ0n) is 35.0. The lowest BCUT2D eigenvalue weighted by molar-refractivity contribution is -0.114. The summed E-state index contributed by atoms with van der Waals surface area (Å²) in [7, 11) is 4.94. The van der Waals surface area contributed by atoms with Gasteiger partial charge in [-0.1, -0.05) is 66.7 Å². The lowest BCUT2D eigenvalue weighted by atomic mass is 10.0. The molecule has 1 amide bonds. The molecular formula is C46H50ClN9O6. The van der Waals surface area contributed by atoms with E-state index in [2.05, 4.69) is 42.8 Å². The van der Waals surface area contributed by atoms with Crippen molar-refractivity contribution in [1.29, 1.82) is 5.41 Å². The van der Waals surface area contributed by atoms with Crippen LogP contribution >= 0.6 is 11.6 Å². The number of anilines is 2. The Balaban J connectivity index is 0.000000191. The number of fused-ring (bicyclic) bond motifs is 3. The van der Waals surface area contributed by atoms with Gasteiger partial charge < -0.3 is 46.5 Å². The van der Waals surface area contributed by atoms with E-state index in [4.69, 9.17) is 42.1 Å². The lowest BCUT2D eigenvalue weighted by Gasteiger charge is -2.06. The number of nitrogens with two attached hydrogens (primary N) is 3. The number of alkyl halides is 1. The molecule has 0 atom stereocenters. The van der Waals surface area contributed by atoms with Gasteiger partial charge in [-0.05, 0) is 81.7 Å².